The first-order valence-corrected chi connectivity index (χ1v) is 9.01. The van der Waals surface area contributed by atoms with Crippen LogP contribution in [-0.2, 0) is 6.42 Å². The van der Waals surface area contributed by atoms with Crippen LogP contribution in [0.15, 0.2) is 28.7 Å². The Bertz CT molecular complexity index is 496. The van der Waals surface area contributed by atoms with Gasteiger partial charge in [-0.05, 0) is 67.4 Å². The van der Waals surface area contributed by atoms with E-state index in [9.17, 15) is 0 Å². The first-order valence-electron chi connectivity index (χ1n) is 8.22. The molecule has 4 rings (SSSR count). The molecule has 1 aromatic carbocycles. The Labute approximate surface area is 130 Å². The number of nitrogens with one attached hydrogen (secondary N) is 1. The van der Waals surface area contributed by atoms with E-state index in [-0.39, 0.29) is 0 Å². The third kappa shape index (κ3) is 2.46. The summed E-state index contributed by atoms with van der Waals surface area (Å²) in [6.07, 6.45) is 9.98. The van der Waals surface area contributed by atoms with Gasteiger partial charge in [-0.25, -0.2) is 0 Å². The van der Waals surface area contributed by atoms with E-state index in [4.69, 9.17) is 0 Å². The van der Waals surface area contributed by atoms with Gasteiger partial charge in [-0.15, -0.1) is 0 Å². The van der Waals surface area contributed by atoms with Crippen molar-refractivity contribution in [2.75, 3.05) is 6.54 Å². The highest BCUT2D eigenvalue weighted by atomic mass is 79.9. The van der Waals surface area contributed by atoms with Gasteiger partial charge in [0.25, 0.3) is 0 Å². The number of benzene rings is 1. The standard InChI is InChI=1S/C18H24BrN/c19-17-4-2-1-3-14(17)11-18(12-20-16-7-8-16)10-13-5-6-15(18)9-13/h1-4,13,15-16,20H,5-12H2. The molecule has 108 valence electrons. The summed E-state index contributed by atoms with van der Waals surface area (Å²) in [6.45, 7) is 1.25. The number of halogens is 1. The predicted molar refractivity (Wildman–Crippen MR) is 86.8 cm³/mol. The molecule has 3 aliphatic rings. The Morgan fingerprint density at radius 3 is 2.65 bits per heavy atom. The zero-order valence-electron chi connectivity index (χ0n) is 12.1. The first kappa shape index (κ1) is 13.3. The average Bonchev–Trinajstić information content (AvgIpc) is 3.08. The minimum atomic E-state index is 0.537. The van der Waals surface area contributed by atoms with Gasteiger partial charge in [-0.2, -0.15) is 0 Å². The highest BCUT2D eigenvalue weighted by molar-refractivity contribution is 9.10. The van der Waals surface area contributed by atoms with Crippen LogP contribution in [0.25, 0.3) is 0 Å². The molecule has 0 spiro atoms. The van der Waals surface area contributed by atoms with E-state index in [1.807, 2.05) is 0 Å². The van der Waals surface area contributed by atoms with Crippen LogP contribution in [0.1, 0.15) is 44.1 Å². The fourth-order valence-corrected chi connectivity index (χ4v) is 5.13. The monoisotopic (exact) mass is 333 g/mol. The number of fused-ring (bicyclic) bond motifs is 2. The molecule has 0 heterocycles. The van der Waals surface area contributed by atoms with Crippen molar-refractivity contribution in [3.05, 3.63) is 34.3 Å². The topological polar surface area (TPSA) is 12.0 Å². The summed E-state index contributed by atoms with van der Waals surface area (Å²) in [4.78, 5) is 0. The molecule has 0 aliphatic heterocycles. The Hall–Kier alpha value is -0.340. The smallest absolute Gasteiger partial charge is 0.0207 e. The van der Waals surface area contributed by atoms with Gasteiger partial charge in [-0.3, -0.25) is 0 Å². The van der Waals surface area contributed by atoms with Crippen LogP contribution in [0.5, 0.6) is 0 Å². The van der Waals surface area contributed by atoms with Crippen molar-refractivity contribution in [2.24, 2.45) is 17.3 Å². The van der Waals surface area contributed by atoms with Crippen LogP contribution in [0, 0.1) is 17.3 Å². The third-order valence-electron chi connectivity index (χ3n) is 5.92. The lowest BCUT2D eigenvalue weighted by atomic mass is 9.69. The fraction of sp³-hybridized carbons (Fsp3) is 0.667. The van der Waals surface area contributed by atoms with Gasteiger partial charge in [0.05, 0.1) is 0 Å². The number of rotatable bonds is 5. The molecule has 1 aromatic rings. The third-order valence-corrected chi connectivity index (χ3v) is 6.70. The second-order valence-corrected chi connectivity index (χ2v) is 8.22. The van der Waals surface area contributed by atoms with Crippen LogP contribution >= 0.6 is 15.9 Å². The molecule has 3 unspecified atom stereocenters. The van der Waals surface area contributed by atoms with Crippen LogP contribution in [0.2, 0.25) is 0 Å². The second-order valence-electron chi connectivity index (χ2n) is 7.37. The van der Waals surface area contributed by atoms with E-state index in [1.165, 1.54) is 61.5 Å². The molecule has 1 N–H and O–H groups in total. The molecule has 0 saturated heterocycles. The zero-order chi connectivity index (χ0) is 13.6. The SMILES string of the molecule is Brc1ccccc1CC1(CNC2CC2)CC2CCC1C2. The minimum absolute atomic E-state index is 0.537. The van der Waals surface area contributed by atoms with Crippen LogP contribution in [0.4, 0.5) is 0 Å². The predicted octanol–water partition coefficient (Wildman–Crippen LogP) is 4.55. The van der Waals surface area contributed by atoms with E-state index in [0.29, 0.717) is 5.41 Å². The van der Waals surface area contributed by atoms with Gasteiger partial charge in [-0.1, -0.05) is 40.5 Å². The number of hydrogen-bond donors (Lipinski definition) is 1. The van der Waals surface area contributed by atoms with Crippen molar-refractivity contribution in [3.8, 4) is 0 Å². The van der Waals surface area contributed by atoms with Crippen LogP contribution in [-0.4, -0.2) is 12.6 Å². The van der Waals surface area contributed by atoms with Gasteiger partial charge < -0.3 is 5.32 Å². The summed E-state index contributed by atoms with van der Waals surface area (Å²) in [6, 6.07) is 9.67. The maximum atomic E-state index is 3.85. The summed E-state index contributed by atoms with van der Waals surface area (Å²) in [5.74, 6) is 1.98. The van der Waals surface area contributed by atoms with Gasteiger partial charge in [0, 0.05) is 17.1 Å². The van der Waals surface area contributed by atoms with Gasteiger partial charge >= 0.3 is 0 Å². The molecule has 3 saturated carbocycles. The van der Waals surface area contributed by atoms with E-state index < -0.39 is 0 Å². The highest BCUT2D eigenvalue weighted by Gasteiger charge is 2.50. The summed E-state index contributed by atoms with van der Waals surface area (Å²) in [5, 5.41) is 3.85. The van der Waals surface area contributed by atoms with Crippen molar-refractivity contribution in [1.29, 1.82) is 0 Å². The summed E-state index contributed by atoms with van der Waals surface area (Å²) in [7, 11) is 0. The van der Waals surface area contributed by atoms with Crippen molar-refractivity contribution in [2.45, 2.75) is 51.0 Å². The Kier molecular flexibility index (Phi) is 3.42. The van der Waals surface area contributed by atoms with E-state index in [2.05, 4.69) is 45.5 Å². The average molecular weight is 334 g/mol. The second kappa shape index (κ2) is 5.14. The van der Waals surface area contributed by atoms with E-state index >= 15 is 0 Å². The maximum absolute atomic E-state index is 3.85. The molecule has 0 amide bonds. The molecular weight excluding hydrogens is 310 g/mol. The molecule has 3 atom stereocenters. The fourth-order valence-electron chi connectivity index (χ4n) is 4.71. The van der Waals surface area contributed by atoms with E-state index in [0.717, 1.165) is 17.9 Å². The lowest BCUT2D eigenvalue weighted by molar-refractivity contribution is 0.155. The van der Waals surface area contributed by atoms with Gasteiger partial charge in [0.1, 0.15) is 0 Å². The summed E-state index contributed by atoms with van der Waals surface area (Å²) in [5.41, 5.74) is 2.05. The quantitative estimate of drug-likeness (QED) is 0.833. The largest absolute Gasteiger partial charge is 0.313 e. The molecule has 0 aromatic heterocycles. The minimum Gasteiger partial charge on any atom is -0.313 e. The normalized spacial score (nSPS) is 35.6. The number of hydrogen-bond acceptors (Lipinski definition) is 1. The lowest BCUT2D eigenvalue weighted by Crippen LogP contribution is -2.41. The lowest BCUT2D eigenvalue weighted by Gasteiger charge is -2.39. The zero-order valence-corrected chi connectivity index (χ0v) is 13.7. The summed E-state index contributed by atoms with van der Waals surface area (Å²) < 4.78 is 1.30. The van der Waals surface area contributed by atoms with Crippen molar-refractivity contribution < 1.29 is 0 Å². The van der Waals surface area contributed by atoms with Gasteiger partial charge in [0.15, 0.2) is 0 Å². The van der Waals surface area contributed by atoms with Crippen molar-refractivity contribution >= 4 is 15.9 Å². The highest BCUT2D eigenvalue weighted by Crippen LogP contribution is 2.57. The molecule has 3 fully saturated rings. The van der Waals surface area contributed by atoms with Crippen molar-refractivity contribution in [1.82, 2.24) is 5.32 Å². The molecular formula is C18H24BrN. The van der Waals surface area contributed by atoms with Crippen LogP contribution in [0.3, 0.4) is 0 Å². The molecule has 1 nitrogen and oxygen atoms in total. The van der Waals surface area contributed by atoms with Gasteiger partial charge in [0.2, 0.25) is 0 Å². The molecule has 0 radical (unpaired) electrons. The Morgan fingerprint density at radius 1 is 1.15 bits per heavy atom. The van der Waals surface area contributed by atoms with Crippen LogP contribution < -0.4 is 5.32 Å². The molecule has 2 bridgehead atoms. The Morgan fingerprint density at radius 2 is 2.00 bits per heavy atom. The molecule has 20 heavy (non-hydrogen) atoms. The van der Waals surface area contributed by atoms with E-state index in [1.54, 1.807) is 0 Å². The molecule has 2 heteroatoms. The Balaban J connectivity index is 1.56. The summed E-state index contributed by atoms with van der Waals surface area (Å²) >= 11 is 3.75. The first-order chi connectivity index (χ1) is 9.75. The maximum Gasteiger partial charge on any atom is 0.0207 e. The van der Waals surface area contributed by atoms with Crippen molar-refractivity contribution in [3.63, 3.8) is 0 Å². The molecule has 3 aliphatic carbocycles.